The Balaban J connectivity index is 1.75. The Labute approximate surface area is 114 Å². The van der Waals surface area contributed by atoms with E-state index < -0.39 is 0 Å². The van der Waals surface area contributed by atoms with Gasteiger partial charge in [0.25, 0.3) is 0 Å². The number of aromatic nitrogens is 2. The second kappa shape index (κ2) is 5.74. The van der Waals surface area contributed by atoms with Crippen molar-refractivity contribution in [1.29, 1.82) is 0 Å². The van der Waals surface area contributed by atoms with E-state index in [1.165, 1.54) is 25.7 Å². The Hall–Kier alpha value is -1.36. The first kappa shape index (κ1) is 12.7. The molecule has 5 heteroatoms. The highest BCUT2D eigenvalue weighted by molar-refractivity contribution is 5.50. The third-order valence-corrected chi connectivity index (χ3v) is 3.95. The lowest BCUT2D eigenvalue weighted by molar-refractivity contribution is 0.444. The number of hydrogen-bond donors (Lipinski definition) is 2. The van der Waals surface area contributed by atoms with Gasteiger partial charge in [-0.2, -0.15) is 0 Å². The van der Waals surface area contributed by atoms with E-state index in [1.54, 1.807) is 0 Å². The number of anilines is 2. The zero-order valence-corrected chi connectivity index (χ0v) is 11.7. The molecule has 5 nitrogen and oxygen atoms in total. The summed E-state index contributed by atoms with van der Waals surface area (Å²) < 4.78 is 0. The molecule has 0 spiro atoms. The van der Waals surface area contributed by atoms with Crippen molar-refractivity contribution in [3.8, 4) is 0 Å². The Morgan fingerprint density at radius 1 is 1.21 bits per heavy atom. The van der Waals surface area contributed by atoms with Crippen molar-refractivity contribution in [2.24, 2.45) is 0 Å². The molecule has 1 saturated carbocycles. The van der Waals surface area contributed by atoms with E-state index in [2.05, 4.69) is 31.6 Å². The van der Waals surface area contributed by atoms with Crippen molar-refractivity contribution in [3.05, 3.63) is 11.9 Å². The Bertz CT molecular complexity index is 422. The third kappa shape index (κ3) is 3.15. The van der Waals surface area contributed by atoms with Gasteiger partial charge in [0.1, 0.15) is 17.5 Å². The molecule has 1 aliphatic carbocycles. The van der Waals surface area contributed by atoms with Crippen LogP contribution in [0.2, 0.25) is 0 Å². The van der Waals surface area contributed by atoms with Gasteiger partial charge in [-0.3, -0.25) is 0 Å². The molecule has 0 bridgehead atoms. The summed E-state index contributed by atoms with van der Waals surface area (Å²) in [6.07, 6.45) is 5.05. The lowest BCUT2D eigenvalue weighted by Gasteiger charge is -2.28. The molecule has 1 aliphatic heterocycles. The first-order valence-electron chi connectivity index (χ1n) is 7.39. The zero-order chi connectivity index (χ0) is 13.1. The Morgan fingerprint density at radius 2 is 2.11 bits per heavy atom. The summed E-state index contributed by atoms with van der Waals surface area (Å²) in [5.41, 5.74) is 0. The highest BCUT2D eigenvalue weighted by atomic mass is 15.2. The second-order valence-corrected chi connectivity index (χ2v) is 5.52. The molecule has 2 heterocycles. The SMILES string of the molecule is Cc1nc(NC2CCC2)cc(N2CCCNCC2)n1. The van der Waals surface area contributed by atoms with E-state index in [0.717, 1.165) is 43.6 Å². The van der Waals surface area contributed by atoms with E-state index in [0.29, 0.717) is 6.04 Å². The number of rotatable bonds is 3. The molecule has 1 aromatic rings. The summed E-state index contributed by atoms with van der Waals surface area (Å²) in [5, 5.41) is 6.95. The van der Waals surface area contributed by atoms with Gasteiger partial charge in [0.15, 0.2) is 0 Å². The molecule has 0 radical (unpaired) electrons. The van der Waals surface area contributed by atoms with Crippen molar-refractivity contribution in [2.75, 3.05) is 36.4 Å². The normalized spacial score (nSPS) is 20.8. The lowest BCUT2D eigenvalue weighted by atomic mass is 9.93. The van der Waals surface area contributed by atoms with Gasteiger partial charge in [-0.25, -0.2) is 9.97 Å². The maximum atomic E-state index is 4.60. The fraction of sp³-hybridized carbons (Fsp3) is 0.714. The molecule has 1 aromatic heterocycles. The Kier molecular flexibility index (Phi) is 3.82. The molecule has 0 unspecified atom stereocenters. The first-order chi connectivity index (χ1) is 9.31. The van der Waals surface area contributed by atoms with Crippen LogP contribution in [-0.4, -0.2) is 42.2 Å². The van der Waals surface area contributed by atoms with E-state index in [9.17, 15) is 0 Å². The van der Waals surface area contributed by atoms with Crippen LogP contribution in [0.4, 0.5) is 11.6 Å². The minimum Gasteiger partial charge on any atom is -0.367 e. The summed E-state index contributed by atoms with van der Waals surface area (Å²) in [4.78, 5) is 11.5. The number of hydrogen-bond acceptors (Lipinski definition) is 5. The number of nitrogens with zero attached hydrogens (tertiary/aromatic N) is 3. The van der Waals surface area contributed by atoms with Gasteiger partial charge >= 0.3 is 0 Å². The van der Waals surface area contributed by atoms with Crippen LogP contribution >= 0.6 is 0 Å². The van der Waals surface area contributed by atoms with Crippen LogP contribution in [0.25, 0.3) is 0 Å². The summed E-state index contributed by atoms with van der Waals surface area (Å²) >= 11 is 0. The fourth-order valence-electron chi connectivity index (χ4n) is 2.62. The van der Waals surface area contributed by atoms with Gasteiger partial charge < -0.3 is 15.5 Å². The minimum absolute atomic E-state index is 0.618. The van der Waals surface area contributed by atoms with Gasteiger partial charge in [0, 0.05) is 31.7 Å². The molecule has 1 saturated heterocycles. The average Bonchev–Trinajstić information content (AvgIpc) is 2.62. The van der Waals surface area contributed by atoms with Gasteiger partial charge in [0.2, 0.25) is 0 Å². The first-order valence-corrected chi connectivity index (χ1v) is 7.39. The summed E-state index contributed by atoms with van der Waals surface area (Å²) in [6.45, 7) is 6.22. The van der Waals surface area contributed by atoms with Crippen LogP contribution in [-0.2, 0) is 0 Å². The van der Waals surface area contributed by atoms with Crippen LogP contribution in [0, 0.1) is 6.92 Å². The van der Waals surface area contributed by atoms with Crippen molar-refractivity contribution >= 4 is 11.6 Å². The summed E-state index contributed by atoms with van der Waals surface area (Å²) in [6, 6.07) is 2.73. The minimum atomic E-state index is 0.618. The molecular weight excluding hydrogens is 238 g/mol. The van der Waals surface area contributed by atoms with Crippen LogP contribution in [0.15, 0.2) is 6.07 Å². The van der Waals surface area contributed by atoms with Crippen molar-refractivity contribution in [3.63, 3.8) is 0 Å². The number of nitrogens with one attached hydrogen (secondary N) is 2. The number of aryl methyl sites for hydroxylation is 1. The average molecular weight is 261 g/mol. The van der Waals surface area contributed by atoms with E-state index in [4.69, 9.17) is 0 Å². The molecule has 0 amide bonds. The molecule has 0 atom stereocenters. The van der Waals surface area contributed by atoms with Gasteiger partial charge in [0.05, 0.1) is 0 Å². The molecule has 2 fully saturated rings. The third-order valence-electron chi connectivity index (χ3n) is 3.95. The molecule has 3 rings (SSSR count). The van der Waals surface area contributed by atoms with Gasteiger partial charge in [-0.05, 0) is 39.2 Å². The predicted molar refractivity (Wildman–Crippen MR) is 77.7 cm³/mol. The predicted octanol–water partition coefficient (Wildman–Crippen LogP) is 1.55. The van der Waals surface area contributed by atoms with E-state index in [1.807, 2.05) is 6.92 Å². The lowest BCUT2D eigenvalue weighted by Crippen LogP contribution is -2.30. The standard InChI is InChI=1S/C14H23N5/c1-11-16-13(18-12-4-2-5-12)10-14(17-11)19-8-3-6-15-7-9-19/h10,12,15H,2-9H2,1H3,(H,16,17,18). The Morgan fingerprint density at radius 3 is 2.89 bits per heavy atom. The van der Waals surface area contributed by atoms with Gasteiger partial charge in [-0.15, -0.1) is 0 Å². The summed E-state index contributed by atoms with van der Waals surface area (Å²) in [7, 11) is 0. The monoisotopic (exact) mass is 261 g/mol. The zero-order valence-electron chi connectivity index (χ0n) is 11.7. The van der Waals surface area contributed by atoms with Crippen LogP contribution in [0.3, 0.4) is 0 Å². The topological polar surface area (TPSA) is 53.1 Å². The van der Waals surface area contributed by atoms with E-state index in [-0.39, 0.29) is 0 Å². The molecular formula is C14H23N5. The second-order valence-electron chi connectivity index (χ2n) is 5.52. The van der Waals surface area contributed by atoms with E-state index >= 15 is 0 Å². The molecule has 2 aliphatic rings. The molecule has 19 heavy (non-hydrogen) atoms. The van der Waals surface area contributed by atoms with Crippen LogP contribution in [0.1, 0.15) is 31.5 Å². The largest absolute Gasteiger partial charge is 0.367 e. The molecule has 0 aromatic carbocycles. The van der Waals surface area contributed by atoms with Crippen molar-refractivity contribution in [1.82, 2.24) is 15.3 Å². The summed E-state index contributed by atoms with van der Waals surface area (Å²) in [5.74, 6) is 2.92. The molecule has 104 valence electrons. The maximum Gasteiger partial charge on any atom is 0.134 e. The van der Waals surface area contributed by atoms with Crippen molar-refractivity contribution < 1.29 is 0 Å². The maximum absolute atomic E-state index is 4.60. The van der Waals surface area contributed by atoms with Gasteiger partial charge in [-0.1, -0.05) is 0 Å². The highest BCUT2D eigenvalue weighted by Gasteiger charge is 2.19. The quantitative estimate of drug-likeness (QED) is 0.864. The van der Waals surface area contributed by atoms with Crippen molar-refractivity contribution in [2.45, 2.75) is 38.6 Å². The van der Waals surface area contributed by atoms with Crippen LogP contribution < -0.4 is 15.5 Å². The van der Waals surface area contributed by atoms with Crippen LogP contribution in [0.5, 0.6) is 0 Å². The smallest absolute Gasteiger partial charge is 0.134 e. The highest BCUT2D eigenvalue weighted by Crippen LogP contribution is 2.24. The fourth-order valence-corrected chi connectivity index (χ4v) is 2.62. The molecule has 2 N–H and O–H groups in total.